The van der Waals surface area contributed by atoms with Gasteiger partial charge in [0.1, 0.15) is 5.76 Å². The maximum atomic E-state index is 12.6. The van der Waals surface area contributed by atoms with Crippen LogP contribution in [-0.2, 0) is 11.3 Å². The molecule has 0 saturated heterocycles. The summed E-state index contributed by atoms with van der Waals surface area (Å²) in [6, 6.07) is 26.8. The first-order chi connectivity index (χ1) is 18.0. The van der Waals surface area contributed by atoms with Crippen LogP contribution in [0.3, 0.4) is 0 Å². The first-order valence-corrected chi connectivity index (χ1v) is 11.9. The molecule has 0 aliphatic heterocycles. The molecule has 4 aromatic rings. The molecule has 0 aliphatic rings. The molecule has 1 atom stereocenters. The van der Waals surface area contributed by atoms with Crippen LogP contribution >= 0.6 is 0 Å². The monoisotopic (exact) mass is 496 g/mol. The molecule has 1 aromatic heterocycles. The summed E-state index contributed by atoms with van der Waals surface area (Å²) in [5, 5.41) is 11.6. The van der Waals surface area contributed by atoms with Crippen molar-refractivity contribution in [3.63, 3.8) is 0 Å². The Balaban J connectivity index is 1.24. The summed E-state index contributed by atoms with van der Waals surface area (Å²) in [6.45, 7) is 2.23. The van der Waals surface area contributed by atoms with Crippen molar-refractivity contribution in [2.24, 2.45) is 0 Å². The molecule has 3 amide bonds. The van der Waals surface area contributed by atoms with E-state index >= 15 is 0 Å². The summed E-state index contributed by atoms with van der Waals surface area (Å²) >= 11 is 0. The van der Waals surface area contributed by atoms with Gasteiger partial charge in [0.2, 0.25) is 5.91 Å². The van der Waals surface area contributed by atoms with Gasteiger partial charge in [-0.2, -0.15) is 0 Å². The lowest BCUT2D eigenvalue weighted by molar-refractivity contribution is -0.114. The number of carbonyl (C=O) groups excluding carboxylic acids is 3. The van der Waals surface area contributed by atoms with Crippen molar-refractivity contribution in [1.82, 2.24) is 10.6 Å². The van der Waals surface area contributed by atoms with Gasteiger partial charge in [0.25, 0.3) is 11.8 Å². The smallest absolute Gasteiger partial charge is 0.251 e. The van der Waals surface area contributed by atoms with Gasteiger partial charge in [-0.25, -0.2) is 0 Å². The first kappa shape index (κ1) is 25.2. The third-order valence-corrected chi connectivity index (χ3v) is 5.66. The molecule has 0 fully saturated rings. The highest BCUT2D eigenvalue weighted by Gasteiger charge is 2.12. The third kappa shape index (κ3) is 7.32. The summed E-state index contributed by atoms with van der Waals surface area (Å²) in [5.74, 6) is -0.0624. The van der Waals surface area contributed by atoms with Crippen LogP contribution in [0.2, 0.25) is 0 Å². The van der Waals surface area contributed by atoms with Crippen LogP contribution in [0.1, 0.15) is 45.0 Å². The lowest BCUT2D eigenvalue weighted by atomic mass is 10.1. The highest BCUT2D eigenvalue weighted by atomic mass is 16.3. The van der Waals surface area contributed by atoms with Gasteiger partial charge in [0, 0.05) is 22.5 Å². The summed E-state index contributed by atoms with van der Waals surface area (Å²) in [7, 11) is 0. The Morgan fingerprint density at radius 2 is 1.57 bits per heavy atom. The normalized spacial score (nSPS) is 11.3. The van der Waals surface area contributed by atoms with Gasteiger partial charge in [-0.15, -0.1) is 0 Å². The molecule has 3 aromatic carbocycles. The maximum absolute atomic E-state index is 12.6. The summed E-state index contributed by atoms with van der Waals surface area (Å²) in [4.78, 5) is 37.4. The number of furan rings is 1. The lowest BCUT2D eigenvalue weighted by Crippen LogP contribution is -2.26. The van der Waals surface area contributed by atoms with Gasteiger partial charge >= 0.3 is 0 Å². The second-order valence-corrected chi connectivity index (χ2v) is 8.43. The number of hydrogen-bond acceptors (Lipinski definition) is 5. The molecule has 188 valence electrons. The van der Waals surface area contributed by atoms with E-state index in [0.29, 0.717) is 28.3 Å². The van der Waals surface area contributed by atoms with Crippen LogP contribution in [0.15, 0.2) is 102 Å². The molecule has 8 heteroatoms. The van der Waals surface area contributed by atoms with E-state index in [1.807, 2.05) is 37.3 Å². The highest BCUT2D eigenvalue weighted by Crippen LogP contribution is 2.15. The Morgan fingerprint density at radius 1 is 0.784 bits per heavy atom. The zero-order chi connectivity index (χ0) is 26.0. The average molecular weight is 497 g/mol. The van der Waals surface area contributed by atoms with Crippen LogP contribution in [0.5, 0.6) is 0 Å². The Labute approximate surface area is 215 Å². The van der Waals surface area contributed by atoms with Crippen LogP contribution in [-0.4, -0.2) is 24.3 Å². The average Bonchev–Trinajstić information content (AvgIpc) is 3.45. The predicted octanol–water partition coefficient (Wildman–Crippen LogP) is 4.75. The minimum Gasteiger partial charge on any atom is -0.467 e. The van der Waals surface area contributed by atoms with Crippen LogP contribution < -0.4 is 21.3 Å². The van der Waals surface area contributed by atoms with E-state index in [-0.39, 0.29) is 36.9 Å². The van der Waals surface area contributed by atoms with Crippen molar-refractivity contribution in [3.05, 3.63) is 120 Å². The van der Waals surface area contributed by atoms with E-state index in [2.05, 4.69) is 21.3 Å². The maximum Gasteiger partial charge on any atom is 0.251 e. The number of amides is 3. The Kier molecular flexibility index (Phi) is 8.33. The fraction of sp³-hybridized carbons (Fsp3) is 0.138. The van der Waals surface area contributed by atoms with Crippen LogP contribution in [0.25, 0.3) is 0 Å². The molecule has 8 nitrogen and oxygen atoms in total. The number of anilines is 2. The molecule has 0 aliphatic carbocycles. The quantitative estimate of drug-likeness (QED) is 0.253. The van der Waals surface area contributed by atoms with E-state index < -0.39 is 0 Å². The topological polar surface area (TPSA) is 112 Å². The number of carbonyl (C=O) groups is 3. The molecule has 1 heterocycles. The summed E-state index contributed by atoms with van der Waals surface area (Å²) in [6.07, 6.45) is 1.55. The zero-order valence-corrected chi connectivity index (χ0v) is 20.4. The molecule has 1 unspecified atom stereocenters. The summed E-state index contributed by atoms with van der Waals surface area (Å²) < 4.78 is 5.21. The molecule has 37 heavy (non-hydrogen) atoms. The molecule has 4 rings (SSSR count). The Morgan fingerprint density at radius 3 is 2.30 bits per heavy atom. The van der Waals surface area contributed by atoms with E-state index in [1.165, 1.54) is 0 Å². The Bertz CT molecular complexity index is 1340. The molecular weight excluding hydrogens is 468 g/mol. The molecule has 0 spiro atoms. The standard InChI is InChI=1S/C29H28N4O4/c1-20(21-7-3-2-4-8-21)32-29(36)22-12-14-24(15-13-22)30-19-27(34)33-25-10-5-9-23(17-25)28(35)31-18-26-11-6-16-37-26/h2-17,20,30H,18-19H2,1H3,(H,31,35)(H,32,36)(H,33,34). The molecule has 4 N–H and O–H groups in total. The van der Waals surface area contributed by atoms with Crippen molar-refractivity contribution < 1.29 is 18.8 Å². The van der Waals surface area contributed by atoms with E-state index in [9.17, 15) is 14.4 Å². The number of benzene rings is 3. The predicted molar refractivity (Wildman–Crippen MR) is 142 cm³/mol. The summed E-state index contributed by atoms with van der Waals surface area (Å²) in [5.41, 5.74) is 3.19. The minimum atomic E-state index is -0.272. The second kappa shape index (κ2) is 12.2. The van der Waals surface area contributed by atoms with Crippen LogP contribution in [0, 0.1) is 0 Å². The van der Waals surface area contributed by atoms with Gasteiger partial charge < -0.3 is 25.7 Å². The molecule has 0 bridgehead atoms. The zero-order valence-electron chi connectivity index (χ0n) is 20.4. The van der Waals surface area contributed by atoms with Gasteiger partial charge in [-0.05, 0) is 67.1 Å². The van der Waals surface area contributed by atoms with Gasteiger partial charge in [-0.3, -0.25) is 14.4 Å². The van der Waals surface area contributed by atoms with Crippen molar-refractivity contribution in [3.8, 4) is 0 Å². The second-order valence-electron chi connectivity index (χ2n) is 8.43. The molecular formula is C29H28N4O4. The fourth-order valence-corrected chi connectivity index (χ4v) is 3.65. The van der Waals surface area contributed by atoms with E-state index in [0.717, 1.165) is 5.56 Å². The number of hydrogen-bond donors (Lipinski definition) is 4. The molecule has 0 saturated carbocycles. The number of rotatable bonds is 10. The first-order valence-electron chi connectivity index (χ1n) is 11.9. The van der Waals surface area contributed by atoms with Gasteiger partial charge in [-0.1, -0.05) is 36.4 Å². The van der Waals surface area contributed by atoms with E-state index in [1.54, 1.807) is 66.9 Å². The van der Waals surface area contributed by atoms with Crippen molar-refractivity contribution >= 4 is 29.1 Å². The minimum absolute atomic E-state index is 0.0193. The van der Waals surface area contributed by atoms with Crippen molar-refractivity contribution in [1.29, 1.82) is 0 Å². The fourth-order valence-electron chi connectivity index (χ4n) is 3.65. The van der Waals surface area contributed by atoms with Gasteiger partial charge in [0.15, 0.2) is 0 Å². The van der Waals surface area contributed by atoms with Crippen molar-refractivity contribution in [2.75, 3.05) is 17.2 Å². The number of nitrogens with one attached hydrogen (secondary N) is 4. The third-order valence-electron chi connectivity index (χ3n) is 5.66. The molecule has 0 radical (unpaired) electrons. The largest absolute Gasteiger partial charge is 0.467 e. The van der Waals surface area contributed by atoms with Crippen LogP contribution in [0.4, 0.5) is 11.4 Å². The van der Waals surface area contributed by atoms with Crippen molar-refractivity contribution in [2.45, 2.75) is 19.5 Å². The lowest BCUT2D eigenvalue weighted by Gasteiger charge is -2.14. The highest BCUT2D eigenvalue weighted by molar-refractivity contribution is 5.98. The Hall–Kier alpha value is -4.85. The SMILES string of the molecule is CC(NC(=O)c1ccc(NCC(=O)Nc2cccc(C(=O)NCc3ccco3)c2)cc1)c1ccccc1. The van der Waals surface area contributed by atoms with Gasteiger partial charge in [0.05, 0.1) is 25.4 Å². The van der Waals surface area contributed by atoms with E-state index in [4.69, 9.17) is 4.42 Å².